The Labute approximate surface area is 154 Å². The minimum absolute atomic E-state index is 0.168. The maximum Gasteiger partial charge on any atom is 0.248 e. The third-order valence-electron chi connectivity index (χ3n) is 4.41. The van der Waals surface area contributed by atoms with Crippen molar-refractivity contribution in [1.82, 2.24) is 0 Å². The number of carbonyl (C=O) groups excluding carboxylic acids is 1. The van der Waals surface area contributed by atoms with Crippen LogP contribution in [0.25, 0.3) is 6.08 Å². The van der Waals surface area contributed by atoms with E-state index in [0.717, 1.165) is 30.0 Å². The lowest BCUT2D eigenvalue weighted by atomic mass is 10.2. The van der Waals surface area contributed by atoms with Crippen LogP contribution < -0.4 is 19.7 Å². The fraction of sp³-hybridized carbons (Fsp3) is 0.286. The summed E-state index contributed by atoms with van der Waals surface area (Å²) < 4.78 is 10.5. The number of carbonyl (C=O) groups is 1. The topological polar surface area (TPSA) is 50.8 Å². The second-order valence-electron chi connectivity index (χ2n) is 6.18. The molecule has 26 heavy (non-hydrogen) atoms. The van der Waals surface area contributed by atoms with Crippen molar-refractivity contribution in [3.05, 3.63) is 54.1 Å². The lowest BCUT2D eigenvalue weighted by Gasteiger charge is -2.21. The number of ether oxygens (including phenoxy) is 2. The van der Waals surface area contributed by atoms with Gasteiger partial charge in [-0.3, -0.25) is 4.79 Å². The summed E-state index contributed by atoms with van der Waals surface area (Å²) in [5.41, 5.74) is 2.76. The molecule has 5 heteroatoms. The Morgan fingerprint density at radius 2 is 1.69 bits per heavy atom. The number of amides is 1. The van der Waals surface area contributed by atoms with E-state index >= 15 is 0 Å². The minimum Gasteiger partial charge on any atom is -0.497 e. The zero-order valence-electron chi connectivity index (χ0n) is 15.2. The van der Waals surface area contributed by atoms with Gasteiger partial charge in [0.25, 0.3) is 0 Å². The number of para-hydroxylation sites is 2. The van der Waals surface area contributed by atoms with Gasteiger partial charge in [0.2, 0.25) is 5.91 Å². The van der Waals surface area contributed by atoms with Gasteiger partial charge in [-0.05, 0) is 48.7 Å². The molecule has 1 saturated heterocycles. The van der Waals surface area contributed by atoms with Crippen LogP contribution in [0.3, 0.4) is 0 Å². The predicted molar refractivity (Wildman–Crippen MR) is 105 cm³/mol. The first-order valence-electron chi connectivity index (χ1n) is 8.76. The van der Waals surface area contributed by atoms with Gasteiger partial charge in [0, 0.05) is 25.2 Å². The highest BCUT2D eigenvalue weighted by molar-refractivity contribution is 6.03. The first kappa shape index (κ1) is 17.9. The fourth-order valence-corrected chi connectivity index (χ4v) is 3.09. The molecule has 1 heterocycles. The molecule has 136 valence electrons. The summed E-state index contributed by atoms with van der Waals surface area (Å²) in [7, 11) is 3.20. The highest BCUT2D eigenvalue weighted by Crippen LogP contribution is 2.28. The van der Waals surface area contributed by atoms with E-state index in [9.17, 15) is 4.79 Å². The number of nitrogens with zero attached hydrogens (tertiary/aromatic N) is 1. The summed E-state index contributed by atoms with van der Waals surface area (Å²) in [5, 5.41) is 2.98. The Morgan fingerprint density at radius 1 is 1.04 bits per heavy atom. The Bertz CT molecular complexity index is 773. The van der Waals surface area contributed by atoms with Crippen LogP contribution in [0.2, 0.25) is 0 Å². The van der Waals surface area contributed by atoms with Crippen molar-refractivity contribution in [3.63, 3.8) is 0 Å². The van der Waals surface area contributed by atoms with Crippen molar-refractivity contribution in [3.8, 4) is 11.5 Å². The first-order valence-corrected chi connectivity index (χ1v) is 8.76. The van der Waals surface area contributed by atoms with E-state index in [2.05, 4.69) is 16.3 Å². The van der Waals surface area contributed by atoms with Gasteiger partial charge in [0.15, 0.2) is 0 Å². The summed E-state index contributed by atoms with van der Waals surface area (Å²) in [6.07, 6.45) is 5.66. The summed E-state index contributed by atoms with van der Waals surface area (Å²) >= 11 is 0. The van der Waals surface area contributed by atoms with Gasteiger partial charge in [-0.15, -0.1) is 0 Å². The van der Waals surface area contributed by atoms with Gasteiger partial charge >= 0.3 is 0 Å². The SMILES string of the molecule is COc1cc(/C=C/C(=O)Nc2ccccc2N2CCCC2)cc(OC)c1. The van der Waals surface area contributed by atoms with Crippen molar-refractivity contribution >= 4 is 23.4 Å². The van der Waals surface area contributed by atoms with E-state index in [1.54, 1.807) is 26.4 Å². The zero-order chi connectivity index (χ0) is 18.4. The molecular weight excluding hydrogens is 328 g/mol. The van der Waals surface area contributed by atoms with Crippen LogP contribution in [-0.4, -0.2) is 33.2 Å². The molecule has 1 N–H and O–H groups in total. The molecule has 2 aromatic rings. The zero-order valence-corrected chi connectivity index (χ0v) is 15.2. The predicted octanol–water partition coefficient (Wildman–Crippen LogP) is 3.96. The van der Waals surface area contributed by atoms with Crippen molar-refractivity contribution in [2.45, 2.75) is 12.8 Å². The molecule has 1 aliphatic heterocycles. The van der Waals surface area contributed by atoms with Crippen molar-refractivity contribution < 1.29 is 14.3 Å². The van der Waals surface area contributed by atoms with Crippen LogP contribution in [-0.2, 0) is 4.79 Å². The maximum atomic E-state index is 12.4. The number of anilines is 2. The quantitative estimate of drug-likeness (QED) is 0.800. The molecule has 0 aliphatic carbocycles. The summed E-state index contributed by atoms with van der Waals surface area (Å²) in [6, 6.07) is 13.4. The smallest absolute Gasteiger partial charge is 0.248 e. The molecule has 0 radical (unpaired) electrons. The molecule has 1 fully saturated rings. The van der Waals surface area contributed by atoms with Crippen LogP contribution >= 0.6 is 0 Å². The number of hydrogen-bond acceptors (Lipinski definition) is 4. The van der Waals surface area contributed by atoms with Gasteiger partial charge in [0.1, 0.15) is 11.5 Å². The van der Waals surface area contributed by atoms with E-state index in [4.69, 9.17) is 9.47 Å². The molecule has 0 aromatic heterocycles. The number of nitrogens with one attached hydrogen (secondary N) is 1. The van der Waals surface area contributed by atoms with Crippen molar-refractivity contribution in [2.75, 3.05) is 37.5 Å². The summed E-state index contributed by atoms with van der Waals surface area (Å²) in [5.74, 6) is 1.20. The monoisotopic (exact) mass is 352 g/mol. The van der Waals surface area contributed by atoms with Crippen molar-refractivity contribution in [2.24, 2.45) is 0 Å². The summed E-state index contributed by atoms with van der Waals surface area (Å²) in [6.45, 7) is 2.07. The number of methoxy groups -OCH3 is 2. The van der Waals surface area contributed by atoms with Crippen LogP contribution in [0.5, 0.6) is 11.5 Å². The Morgan fingerprint density at radius 3 is 2.35 bits per heavy atom. The molecule has 2 aromatic carbocycles. The molecule has 0 atom stereocenters. The van der Waals surface area contributed by atoms with Gasteiger partial charge in [0.05, 0.1) is 25.6 Å². The first-order chi connectivity index (χ1) is 12.7. The number of benzene rings is 2. The average molecular weight is 352 g/mol. The van der Waals surface area contributed by atoms with Crippen LogP contribution in [0.1, 0.15) is 18.4 Å². The van der Waals surface area contributed by atoms with Gasteiger partial charge in [-0.2, -0.15) is 0 Å². The van der Waals surface area contributed by atoms with Crippen LogP contribution in [0, 0.1) is 0 Å². The Hall–Kier alpha value is -2.95. The van der Waals surface area contributed by atoms with Crippen molar-refractivity contribution in [1.29, 1.82) is 0 Å². The Kier molecular flexibility index (Phi) is 5.79. The second-order valence-corrected chi connectivity index (χ2v) is 6.18. The third kappa shape index (κ3) is 4.36. The lowest BCUT2D eigenvalue weighted by Crippen LogP contribution is -2.20. The molecule has 0 saturated carbocycles. The minimum atomic E-state index is -0.168. The highest BCUT2D eigenvalue weighted by Gasteiger charge is 2.15. The molecule has 0 spiro atoms. The number of hydrogen-bond donors (Lipinski definition) is 1. The molecule has 0 unspecified atom stereocenters. The van der Waals surface area contributed by atoms with Gasteiger partial charge < -0.3 is 19.7 Å². The van der Waals surface area contributed by atoms with Gasteiger partial charge in [-0.1, -0.05) is 12.1 Å². The second kappa shape index (κ2) is 8.43. The number of rotatable bonds is 6. The van der Waals surface area contributed by atoms with E-state index in [1.807, 2.05) is 30.3 Å². The average Bonchev–Trinajstić information content (AvgIpc) is 3.21. The van der Waals surface area contributed by atoms with E-state index in [1.165, 1.54) is 18.9 Å². The lowest BCUT2D eigenvalue weighted by molar-refractivity contribution is -0.111. The Balaban J connectivity index is 1.72. The molecule has 1 amide bonds. The van der Waals surface area contributed by atoms with Gasteiger partial charge in [-0.25, -0.2) is 0 Å². The van der Waals surface area contributed by atoms with E-state index in [0.29, 0.717) is 11.5 Å². The fourth-order valence-electron chi connectivity index (χ4n) is 3.09. The largest absolute Gasteiger partial charge is 0.497 e. The molecule has 1 aliphatic rings. The van der Waals surface area contributed by atoms with Crippen LogP contribution in [0.4, 0.5) is 11.4 Å². The standard InChI is InChI=1S/C21H24N2O3/c1-25-17-13-16(14-18(15-17)26-2)9-10-21(24)22-19-7-3-4-8-20(19)23-11-5-6-12-23/h3-4,7-10,13-15H,5-6,11-12H2,1-2H3,(H,22,24)/b10-9+. The maximum absolute atomic E-state index is 12.4. The summed E-state index contributed by atoms with van der Waals surface area (Å²) in [4.78, 5) is 14.7. The molecular formula is C21H24N2O3. The van der Waals surface area contributed by atoms with E-state index < -0.39 is 0 Å². The van der Waals surface area contributed by atoms with Crippen LogP contribution in [0.15, 0.2) is 48.5 Å². The van der Waals surface area contributed by atoms with E-state index in [-0.39, 0.29) is 5.91 Å². The highest BCUT2D eigenvalue weighted by atomic mass is 16.5. The molecule has 5 nitrogen and oxygen atoms in total. The normalized spacial score (nSPS) is 13.8. The third-order valence-corrected chi connectivity index (χ3v) is 4.41. The molecule has 3 rings (SSSR count). The molecule has 0 bridgehead atoms.